The first-order valence-corrected chi connectivity index (χ1v) is 11.6. The summed E-state index contributed by atoms with van der Waals surface area (Å²) >= 11 is 0. The second kappa shape index (κ2) is 10.0. The first-order valence-electron chi connectivity index (χ1n) is 11.6. The van der Waals surface area contributed by atoms with Gasteiger partial charge in [-0.3, -0.25) is 4.79 Å². The summed E-state index contributed by atoms with van der Waals surface area (Å²) in [6.07, 6.45) is 1.57. The molecule has 3 aromatic rings. The van der Waals surface area contributed by atoms with E-state index < -0.39 is 23.8 Å². The predicted octanol–water partition coefficient (Wildman–Crippen LogP) is 4.64. The molecule has 1 atom stereocenters. The van der Waals surface area contributed by atoms with Crippen LogP contribution in [0.2, 0.25) is 0 Å². The molecule has 0 saturated carbocycles. The van der Waals surface area contributed by atoms with Crippen LogP contribution in [-0.4, -0.2) is 42.0 Å². The van der Waals surface area contributed by atoms with Crippen molar-refractivity contribution < 1.29 is 28.2 Å². The zero-order chi connectivity index (χ0) is 25.1. The quantitative estimate of drug-likeness (QED) is 0.532. The molecule has 182 valence electrons. The normalized spacial score (nSPS) is 17.6. The molecule has 1 fully saturated rings. The Morgan fingerprint density at radius 2 is 1.81 bits per heavy atom. The molecule has 1 saturated heterocycles. The first-order chi connectivity index (χ1) is 17.5. The molecule has 2 heterocycles. The average molecular weight is 486 g/mol. The number of nitrogens with one attached hydrogen (secondary N) is 1. The van der Waals surface area contributed by atoms with E-state index >= 15 is 0 Å². The van der Waals surface area contributed by atoms with Crippen LogP contribution in [0.5, 0.6) is 0 Å². The lowest BCUT2D eigenvalue weighted by molar-refractivity contribution is 0.0716. The summed E-state index contributed by atoms with van der Waals surface area (Å²) in [5, 5.41) is 2.77. The van der Waals surface area contributed by atoms with Gasteiger partial charge in [-0.05, 0) is 41.8 Å². The predicted molar refractivity (Wildman–Crippen MR) is 130 cm³/mol. The Balaban J connectivity index is 1.23. The van der Waals surface area contributed by atoms with Crippen molar-refractivity contribution in [2.75, 3.05) is 13.1 Å². The first kappa shape index (κ1) is 23.3. The van der Waals surface area contributed by atoms with Crippen LogP contribution in [0.25, 0.3) is 11.8 Å². The van der Waals surface area contributed by atoms with Gasteiger partial charge in [-0.1, -0.05) is 54.6 Å². The molecular formula is C28H23FN2O5. The maximum absolute atomic E-state index is 14.6. The summed E-state index contributed by atoms with van der Waals surface area (Å²) in [5.41, 5.74) is 2.41. The fraction of sp³-hybridized carbons (Fsp3) is 0.179. The Labute approximate surface area is 207 Å². The largest absolute Gasteiger partial charge is 0.445 e. The number of nitrogens with zero attached hydrogens (tertiary/aromatic N) is 1. The number of hydrogen-bond acceptors (Lipinski definition) is 5. The number of cyclic esters (lactones) is 1. The average Bonchev–Trinajstić information content (AvgIpc) is 3.48. The number of carbonyl (C=O) groups is 3. The van der Waals surface area contributed by atoms with Crippen molar-refractivity contribution in [1.29, 1.82) is 0 Å². The Hall–Kier alpha value is -4.46. The molecule has 0 bridgehead atoms. The molecule has 3 aromatic carbocycles. The second-order valence-corrected chi connectivity index (χ2v) is 8.63. The lowest BCUT2D eigenvalue weighted by Crippen LogP contribution is -2.38. The van der Waals surface area contributed by atoms with E-state index in [1.807, 2.05) is 30.3 Å². The Kier molecular flexibility index (Phi) is 6.49. The number of rotatable bonds is 5. The highest BCUT2D eigenvalue weighted by Gasteiger charge is 2.30. The van der Waals surface area contributed by atoms with E-state index in [9.17, 15) is 18.8 Å². The SMILES string of the molecule is O=C(N[C@@H]1CCN(C(=O)c2cc(/C=C3\OC(=O)c4ccccc43)ccc2F)C1)OCc1ccccc1. The van der Waals surface area contributed by atoms with Crippen LogP contribution >= 0.6 is 0 Å². The smallest absolute Gasteiger partial charge is 0.407 e. The number of hydrogen-bond donors (Lipinski definition) is 1. The van der Waals surface area contributed by atoms with Crippen molar-refractivity contribution in [3.8, 4) is 0 Å². The fourth-order valence-electron chi connectivity index (χ4n) is 4.31. The number of likely N-dealkylation sites (tertiary alicyclic amines) is 1. The number of benzene rings is 3. The van der Waals surface area contributed by atoms with Gasteiger partial charge in [0.15, 0.2) is 0 Å². The lowest BCUT2D eigenvalue weighted by atomic mass is 10.0. The number of alkyl carbamates (subject to hydrolysis) is 1. The van der Waals surface area contributed by atoms with Gasteiger partial charge in [0.25, 0.3) is 5.91 Å². The number of carbonyl (C=O) groups excluding carboxylic acids is 3. The van der Waals surface area contributed by atoms with Crippen LogP contribution in [0.3, 0.4) is 0 Å². The summed E-state index contributed by atoms with van der Waals surface area (Å²) in [4.78, 5) is 38.8. The highest BCUT2D eigenvalue weighted by molar-refractivity contribution is 6.05. The van der Waals surface area contributed by atoms with Crippen molar-refractivity contribution in [2.45, 2.75) is 19.1 Å². The van der Waals surface area contributed by atoms with Crippen LogP contribution < -0.4 is 5.32 Å². The van der Waals surface area contributed by atoms with Crippen LogP contribution in [0, 0.1) is 5.82 Å². The molecule has 0 aromatic heterocycles. The molecule has 7 nitrogen and oxygen atoms in total. The molecule has 36 heavy (non-hydrogen) atoms. The highest BCUT2D eigenvalue weighted by Crippen LogP contribution is 2.31. The molecule has 2 aliphatic rings. The summed E-state index contributed by atoms with van der Waals surface area (Å²) in [5.74, 6) is -1.23. The third kappa shape index (κ3) is 4.98. The van der Waals surface area contributed by atoms with Gasteiger partial charge in [-0.15, -0.1) is 0 Å². The number of amides is 2. The van der Waals surface area contributed by atoms with Crippen molar-refractivity contribution in [1.82, 2.24) is 10.2 Å². The second-order valence-electron chi connectivity index (χ2n) is 8.63. The molecule has 0 unspecified atom stereocenters. The van der Waals surface area contributed by atoms with Gasteiger partial charge in [0, 0.05) is 18.7 Å². The number of fused-ring (bicyclic) bond motifs is 1. The standard InChI is InChI=1S/C28H23FN2O5/c29-24-11-10-19(15-25-21-8-4-5-9-22(21)27(33)36-25)14-23(24)26(32)31-13-12-20(16-31)30-28(34)35-17-18-6-2-1-3-7-18/h1-11,14-15,20H,12-13,16-17H2,(H,30,34)/b25-15-/t20-/m1/s1. The third-order valence-electron chi connectivity index (χ3n) is 6.14. The summed E-state index contributed by atoms with van der Waals surface area (Å²) in [6.45, 7) is 0.766. The molecule has 0 aliphatic carbocycles. The highest BCUT2D eigenvalue weighted by atomic mass is 19.1. The van der Waals surface area contributed by atoms with E-state index in [0.717, 1.165) is 5.56 Å². The molecule has 2 aliphatic heterocycles. The van der Waals surface area contributed by atoms with Crippen molar-refractivity contribution in [2.24, 2.45) is 0 Å². The number of halogens is 1. The Morgan fingerprint density at radius 1 is 1.06 bits per heavy atom. The van der Waals surface area contributed by atoms with Gasteiger partial charge >= 0.3 is 12.1 Å². The van der Waals surface area contributed by atoms with Gasteiger partial charge < -0.3 is 19.7 Å². The Morgan fingerprint density at radius 3 is 2.61 bits per heavy atom. The summed E-state index contributed by atoms with van der Waals surface area (Å²) in [7, 11) is 0. The molecule has 2 amide bonds. The van der Waals surface area contributed by atoms with E-state index in [-0.39, 0.29) is 24.8 Å². The van der Waals surface area contributed by atoms with Crippen molar-refractivity contribution in [3.05, 3.63) is 106 Å². The topological polar surface area (TPSA) is 84.9 Å². The molecule has 0 spiro atoms. The molecular weight excluding hydrogens is 463 g/mol. The molecule has 5 rings (SSSR count). The number of ether oxygens (including phenoxy) is 2. The van der Waals surface area contributed by atoms with E-state index in [4.69, 9.17) is 9.47 Å². The number of esters is 1. The van der Waals surface area contributed by atoms with Crippen LogP contribution in [-0.2, 0) is 16.1 Å². The van der Waals surface area contributed by atoms with E-state index in [0.29, 0.717) is 35.4 Å². The molecule has 0 radical (unpaired) electrons. The van der Waals surface area contributed by atoms with Gasteiger partial charge in [0.1, 0.15) is 18.2 Å². The monoisotopic (exact) mass is 486 g/mol. The van der Waals surface area contributed by atoms with Gasteiger partial charge in [0.05, 0.1) is 17.2 Å². The van der Waals surface area contributed by atoms with E-state index in [1.165, 1.54) is 23.1 Å². The zero-order valence-electron chi connectivity index (χ0n) is 19.3. The van der Waals surface area contributed by atoms with Crippen LogP contribution in [0.4, 0.5) is 9.18 Å². The minimum absolute atomic E-state index is 0.0886. The zero-order valence-corrected chi connectivity index (χ0v) is 19.3. The molecule has 1 N–H and O–H groups in total. The summed E-state index contributed by atoms with van der Waals surface area (Å²) in [6, 6.07) is 20.2. The van der Waals surface area contributed by atoms with Gasteiger partial charge in [0.2, 0.25) is 0 Å². The summed E-state index contributed by atoms with van der Waals surface area (Å²) < 4.78 is 25.2. The third-order valence-corrected chi connectivity index (χ3v) is 6.14. The minimum atomic E-state index is -0.648. The molecule has 8 heteroatoms. The van der Waals surface area contributed by atoms with Crippen molar-refractivity contribution >= 4 is 29.8 Å². The minimum Gasteiger partial charge on any atom is -0.445 e. The lowest BCUT2D eigenvalue weighted by Gasteiger charge is -2.18. The van der Waals surface area contributed by atoms with Crippen LogP contribution in [0.15, 0.2) is 72.8 Å². The van der Waals surface area contributed by atoms with Crippen LogP contribution in [0.1, 0.15) is 43.8 Å². The van der Waals surface area contributed by atoms with Gasteiger partial charge in [-0.25, -0.2) is 14.0 Å². The van der Waals surface area contributed by atoms with E-state index in [2.05, 4.69) is 5.32 Å². The maximum atomic E-state index is 14.6. The van der Waals surface area contributed by atoms with Crippen molar-refractivity contribution in [3.63, 3.8) is 0 Å². The Bertz CT molecular complexity index is 1360. The maximum Gasteiger partial charge on any atom is 0.407 e. The fourth-order valence-corrected chi connectivity index (χ4v) is 4.31. The van der Waals surface area contributed by atoms with E-state index in [1.54, 1.807) is 30.3 Å². The van der Waals surface area contributed by atoms with Gasteiger partial charge in [-0.2, -0.15) is 0 Å².